The number of alkyl halides is 1. The second-order valence-corrected chi connectivity index (χ2v) is 9.30. The largest absolute Gasteiger partial charge is 0.247 e. The standard InChI is InChI=1S/C27H55F/c1-4-7-10-13-15-18-21-24-26(23-20-17-12-9-6-3)27(28)25-22-19-16-14-11-8-5-2/h26-27H,4-25H2,1-3H3. The van der Waals surface area contributed by atoms with Gasteiger partial charge in [0.1, 0.15) is 6.17 Å². The Hall–Kier alpha value is -0.0700. The molecule has 0 nitrogen and oxygen atoms in total. The Balaban J connectivity index is 3.97. The van der Waals surface area contributed by atoms with Crippen LogP contribution in [0, 0.1) is 5.92 Å². The molecule has 0 aliphatic carbocycles. The summed E-state index contributed by atoms with van der Waals surface area (Å²) in [6.07, 6.45) is 27.6. The van der Waals surface area contributed by atoms with Gasteiger partial charge in [-0.15, -0.1) is 0 Å². The molecule has 0 aromatic heterocycles. The lowest BCUT2D eigenvalue weighted by molar-refractivity contribution is 0.182. The summed E-state index contributed by atoms with van der Waals surface area (Å²) >= 11 is 0. The summed E-state index contributed by atoms with van der Waals surface area (Å²) < 4.78 is 14.9. The van der Waals surface area contributed by atoms with Crippen molar-refractivity contribution in [2.45, 2.75) is 168 Å². The van der Waals surface area contributed by atoms with E-state index in [-0.39, 0.29) is 0 Å². The van der Waals surface area contributed by atoms with Gasteiger partial charge >= 0.3 is 0 Å². The first-order valence-electron chi connectivity index (χ1n) is 13.4. The van der Waals surface area contributed by atoms with Crippen LogP contribution < -0.4 is 0 Å². The van der Waals surface area contributed by atoms with E-state index in [2.05, 4.69) is 20.8 Å². The topological polar surface area (TPSA) is 0 Å². The molecule has 28 heavy (non-hydrogen) atoms. The molecule has 0 aromatic carbocycles. The smallest absolute Gasteiger partial charge is 0.103 e. The van der Waals surface area contributed by atoms with Crippen molar-refractivity contribution in [2.75, 3.05) is 0 Å². The normalized spacial score (nSPS) is 13.7. The van der Waals surface area contributed by atoms with Gasteiger partial charge in [-0.3, -0.25) is 0 Å². The molecule has 0 fully saturated rings. The maximum atomic E-state index is 14.9. The highest BCUT2D eigenvalue weighted by molar-refractivity contribution is 4.70. The summed E-state index contributed by atoms with van der Waals surface area (Å²) in [6.45, 7) is 6.81. The Morgan fingerprint density at radius 2 is 0.679 bits per heavy atom. The molecule has 0 N–H and O–H groups in total. The third-order valence-electron chi connectivity index (χ3n) is 6.45. The minimum Gasteiger partial charge on any atom is -0.247 e. The zero-order valence-corrected chi connectivity index (χ0v) is 20.1. The SMILES string of the molecule is CCCCCCCCCC(F)C(CCCCCCC)CCCCCCCCC. The molecule has 0 radical (unpaired) electrons. The monoisotopic (exact) mass is 398 g/mol. The first kappa shape index (κ1) is 27.9. The highest BCUT2D eigenvalue weighted by Gasteiger charge is 2.20. The Morgan fingerprint density at radius 1 is 0.393 bits per heavy atom. The van der Waals surface area contributed by atoms with E-state index in [9.17, 15) is 4.39 Å². The molecule has 0 aliphatic rings. The third-order valence-corrected chi connectivity index (χ3v) is 6.45. The van der Waals surface area contributed by atoms with Crippen LogP contribution in [0.3, 0.4) is 0 Å². The van der Waals surface area contributed by atoms with E-state index in [4.69, 9.17) is 0 Å². The second-order valence-electron chi connectivity index (χ2n) is 9.30. The zero-order valence-electron chi connectivity index (χ0n) is 20.1. The molecule has 170 valence electrons. The van der Waals surface area contributed by atoms with Gasteiger partial charge in [0.05, 0.1) is 0 Å². The van der Waals surface area contributed by atoms with Gasteiger partial charge in [-0.25, -0.2) is 4.39 Å². The minimum absolute atomic E-state index is 0.345. The van der Waals surface area contributed by atoms with Gasteiger partial charge in [0.25, 0.3) is 0 Å². The van der Waals surface area contributed by atoms with Gasteiger partial charge in [-0.1, -0.05) is 143 Å². The van der Waals surface area contributed by atoms with Crippen molar-refractivity contribution < 1.29 is 4.39 Å². The quantitative estimate of drug-likeness (QED) is 0.150. The van der Waals surface area contributed by atoms with Crippen LogP contribution in [0.5, 0.6) is 0 Å². The molecule has 0 rings (SSSR count). The predicted molar refractivity (Wildman–Crippen MR) is 127 cm³/mol. The van der Waals surface area contributed by atoms with E-state index >= 15 is 0 Å². The fourth-order valence-electron chi connectivity index (χ4n) is 4.41. The van der Waals surface area contributed by atoms with E-state index in [1.165, 1.54) is 116 Å². The van der Waals surface area contributed by atoms with Crippen molar-refractivity contribution >= 4 is 0 Å². The van der Waals surface area contributed by atoms with Crippen LogP contribution in [0.15, 0.2) is 0 Å². The van der Waals surface area contributed by atoms with Crippen LogP contribution >= 0.6 is 0 Å². The molecule has 2 unspecified atom stereocenters. The maximum absolute atomic E-state index is 14.9. The van der Waals surface area contributed by atoms with Crippen molar-refractivity contribution in [3.05, 3.63) is 0 Å². The maximum Gasteiger partial charge on any atom is 0.103 e. The number of unbranched alkanes of at least 4 members (excludes halogenated alkanes) is 16. The molecule has 0 spiro atoms. The number of rotatable bonds is 23. The van der Waals surface area contributed by atoms with E-state index in [1.807, 2.05) is 0 Å². The first-order valence-corrected chi connectivity index (χ1v) is 13.4. The Bertz CT molecular complexity index is 275. The van der Waals surface area contributed by atoms with Gasteiger partial charge in [0.2, 0.25) is 0 Å². The molecule has 0 aromatic rings. The van der Waals surface area contributed by atoms with Crippen LogP contribution in [-0.2, 0) is 0 Å². The molecule has 0 saturated heterocycles. The summed E-state index contributed by atoms with van der Waals surface area (Å²) in [5.74, 6) is 0.345. The van der Waals surface area contributed by atoms with Crippen molar-refractivity contribution in [3.8, 4) is 0 Å². The number of halogens is 1. The Morgan fingerprint density at radius 3 is 1.04 bits per heavy atom. The van der Waals surface area contributed by atoms with Crippen LogP contribution in [-0.4, -0.2) is 6.17 Å². The molecule has 1 heteroatoms. The number of hydrogen-bond acceptors (Lipinski definition) is 0. The summed E-state index contributed by atoms with van der Waals surface area (Å²) in [6, 6.07) is 0. The molecule has 0 aliphatic heterocycles. The summed E-state index contributed by atoms with van der Waals surface area (Å²) in [4.78, 5) is 0. The highest BCUT2D eigenvalue weighted by atomic mass is 19.1. The lowest BCUT2D eigenvalue weighted by Gasteiger charge is -2.21. The van der Waals surface area contributed by atoms with Crippen LogP contribution in [0.4, 0.5) is 4.39 Å². The highest BCUT2D eigenvalue weighted by Crippen LogP contribution is 2.27. The average molecular weight is 399 g/mol. The Labute approximate surface area is 178 Å². The summed E-state index contributed by atoms with van der Waals surface area (Å²) in [5, 5.41) is 0. The summed E-state index contributed by atoms with van der Waals surface area (Å²) in [7, 11) is 0. The fourth-order valence-corrected chi connectivity index (χ4v) is 4.41. The number of hydrogen-bond donors (Lipinski definition) is 0. The molecule has 0 heterocycles. The molecular weight excluding hydrogens is 343 g/mol. The molecule has 0 amide bonds. The van der Waals surface area contributed by atoms with Gasteiger partial charge in [-0.05, 0) is 25.2 Å². The van der Waals surface area contributed by atoms with Crippen LogP contribution in [0.1, 0.15) is 162 Å². The van der Waals surface area contributed by atoms with Gasteiger partial charge in [-0.2, -0.15) is 0 Å². The molecular formula is C27H55F. The summed E-state index contributed by atoms with van der Waals surface area (Å²) in [5.41, 5.74) is 0. The van der Waals surface area contributed by atoms with Gasteiger partial charge < -0.3 is 0 Å². The fraction of sp³-hybridized carbons (Fsp3) is 1.00. The van der Waals surface area contributed by atoms with Crippen molar-refractivity contribution in [3.63, 3.8) is 0 Å². The zero-order chi connectivity index (χ0) is 20.7. The lowest BCUT2D eigenvalue weighted by Crippen LogP contribution is -2.16. The van der Waals surface area contributed by atoms with Gasteiger partial charge in [0, 0.05) is 0 Å². The van der Waals surface area contributed by atoms with E-state index in [1.54, 1.807) is 0 Å². The first-order chi connectivity index (χ1) is 13.8. The van der Waals surface area contributed by atoms with Crippen molar-refractivity contribution in [1.82, 2.24) is 0 Å². The van der Waals surface area contributed by atoms with E-state index < -0.39 is 6.17 Å². The predicted octanol–water partition coefficient (Wildman–Crippen LogP) is 10.6. The van der Waals surface area contributed by atoms with Gasteiger partial charge in [0.15, 0.2) is 0 Å². The minimum atomic E-state index is -0.540. The van der Waals surface area contributed by atoms with Crippen molar-refractivity contribution in [1.29, 1.82) is 0 Å². The van der Waals surface area contributed by atoms with E-state index in [0.717, 1.165) is 25.7 Å². The second kappa shape index (κ2) is 23.2. The molecule has 0 bridgehead atoms. The van der Waals surface area contributed by atoms with Crippen molar-refractivity contribution in [2.24, 2.45) is 5.92 Å². The molecule has 0 saturated carbocycles. The third kappa shape index (κ3) is 19.3. The van der Waals surface area contributed by atoms with Crippen LogP contribution in [0.25, 0.3) is 0 Å². The average Bonchev–Trinajstić information content (AvgIpc) is 2.70. The lowest BCUT2D eigenvalue weighted by atomic mass is 9.88. The molecule has 2 atom stereocenters. The van der Waals surface area contributed by atoms with Crippen LogP contribution in [0.2, 0.25) is 0 Å². The van der Waals surface area contributed by atoms with E-state index in [0.29, 0.717) is 5.92 Å². The Kier molecular flexibility index (Phi) is 23.2.